The lowest BCUT2D eigenvalue weighted by atomic mass is 10.1. The summed E-state index contributed by atoms with van der Waals surface area (Å²) in [5, 5.41) is 8.53. The second-order valence-electron chi connectivity index (χ2n) is 2.48. The number of rotatable bonds is 2. The Morgan fingerprint density at radius 2 is 2.23 bits per heavy atom. The predicted molar refractivity (Wildman–Crippen MR) is 48.7 cm³/mol. The highest BCUT2D eigenvalue weighted by Crippen LogP contribution is 2.19. The molecule has 1 aromatic rings. The first kappa shape index (κ1) is 10.1. The summed E-state index contributed by atoms with van der Waals surface area (Å²) in [6, 6.07) is 2.76. The van der Waals surface area contributed by atoms with Crippen molar-refractivity contribution >= 4 is 21.9 Å². The van der Waals surface area contributed by atoms with Crippen molar-refractivity contribution in [1.29, 1.82) is 0 Å². The number of carboxylic acids is 1. The van der Waals surface area contributed by atoms with Gasteiger partial charge in [-0.1, -0.05) is 22.0 Å². The van der Waals surface area contributed by atoms with Crippen LogP contribution < -0.4 is 5.73 Å². The lowest BCUT2D eigenvalue weighted by Crippen LogP contribution is -2.21. The normalized spacial score (nSPS) is 12.5. The lowest BCUT2D eigenvalue weighted by Gasteiger charge is -2.07. The minimum Gasteiger partial charge on any atom is -0.480 e. The van der Waals surface area contributed by atoms with E-state index >= 15 is 0 Å². The molecule has 0 bridgehead atoms. The third-order valence-electron chi connectivity index (χ3n) is 1.56. The van der Waals surface area contributed by atoms with Crippen LogP contribution in [0.2, 0.25) is 0 Å². The van der Waals surface area contributed by atoms with Gasteiger partial charge in [0.2, 0.25) is 0 Å². The first-order valence-electron chi connectivity index (χ1n) is 3.45. The fourth-order valence-corrected chi connectivity index (χ4v) is 1.22. The summed E-state index contributed by atoms with van der Waals surface area (Å²) < 4.78 is 13.6. The van der Waals surface area contributed by atoms with E-state index in [2.05, 4.69) is 15.9 Å². The van der Waals surface area contributed by atoms with Gasteiger partial charge in [-0.2, -0.15) is 0 Å². The number of carbonyl (C=O) groups is 1. The minimum absolute atomic E-state index is 0.0179. The first-order valence-corrected chi connectivity index (χ1v) is 4.25. The smallest absolute Gasteiger partial charge is 0.325 e. The Kier molecular flexibility index (Phi) is 3.00. The number of halogens is 2. The van der Waals surface area contributed by atoms with E-state index < -0.39 is 17.8 Å². The molecule has 0 unspecified atom stereocenters. The SMILES string of the molecule is N[C@@H](C(=O)O)c1ccc(Br)cc1F. The number of hydrogen-bond acceptors (Lipinski definition) is 2. The lowest BCUT2D eigenvalue weighted by molar-refractivity contribution is -0.138. The van der Waals surface area contributed by atoms with E-state index in [1.165, 1.54) is 12.1 Å². The number of aliphatic carboxylic acids is 1. The van der Waals surface area contributed by atoms with E-state index in [1.807, 2.05) is 0 Å². The average Bonchev–Trinajstić information content (AvgIpc) is 2.03. The van der Waals surface area contributed by atoms with Gasteiger partial charge in [-0.3, -0.25) is 4.79 Å². The van der Waals surface area contributed by atoms with Crippen molar-refractivity contribution in [3.63, 3.8) is 0 Å². The molecule has 0 aliphatic heterocycles. The Balaban J connectivity index is 3.08. The maximum Gasteiger partial charge on any atom is 0.325 e. The Morgan fingerprint density at radius 1 is 1.62 bits per heavy atom. The molecule has 0 fully saturated rings. The summed E-state index contributed by atoms with van der Waals surface area (Å²) in [6.45, 7) is 0. The van der Waals surface area contributed by atoms with Crippen molar-refractivity contribution in [2.24, 2.45) is 5.73 Å². The molecule has 0 aromatic heterocycles. The molecule has 0 radical (unpaired) electrons. The molecule has 13 heavy (non-hydrogen) atoms. The van der Waals surface area contributed by atoms with Crippen LogP contribution in [0.25, 0.3) is 0 Å². The standard InChI is InChI=1S/C8H7BrFNO2/c9-4-1-2-5(6(10)3-4)7(11)8(12)13/h1-3,7H,11H2,(H,12,13)/t7-/m1/s1. The molecule has 1 atom stereocenters. The largest absolute Gasteiger partial charge is 0.480 e. The number of carboxylic acid groups (broad SMARTS) is 1. The molecule has 5 heteroatoms. The maximum absolute atomic E-state index is 13.1. The fraction of sp³-hybridized carbons (Fsp3) is 0.125. The van der Waals surface area contributed by atoms with Crippen LogP contribution in [0.1, 0.15) is 11.6 Å². The highest BCUT2D eigenvalue weighted by molar-refractivity contribution is 9.10. The minimum atomic E-state index is -1.31. The van der Waals surface area contributed by atoms with Crippen LogP contribution in [-0.2, 0) is 4.79 Å². The molecule has 0 saturated heterocycles. The molecule has 0 amide bonds. The number of hydrogen-bond donors (Lipinski definition) is 2. The Labute approximate surface area is 82.5 Å². The van der Waals surface area contributed by atoms with Gasteiger partial charge in [-0.25, -0.2) is 4.39 Å². The second kappa shape index (κ2) is 3.85. The molecule has 3 N–H and O–H groups in total. The molecule has 0 saturated carbocycles. The topological polar surface area (TPSA) is 63.3 Å². The van der Waals surface area contributed by atoms with E-state index in [-0.39, 0.29) is 5.56 Å². The van der Waals surface area contributed by atoms with Crippen molar-refractivity contribution in [1.82, 2.24) is 0 Å². The van der Waals surface area contributed by atoms with Crippen LogP contribution in [0.5, 0.6) is 0 Å². The van der Waals surface area contributed by atoms with Crippen LogP contribution >= 0.6 is 15.9 Å². The van der Waals surface area contributed by atoms with Gasteiger partial charge in [0.15, 0.2) is 0 Å². The Hall–Kier alpha value is -0.940. The summed E-state index contributed by atoms with van der Waals surface area (Å²) >= 11 is 3.05. The highest BCUT2D eigenvalue weighted by Gasteiger charge is 2.17. The van der Waals surface area contributed by atoms with Crippen LogP contribution in [0.4, 0.5) is 4.39 Å². The maximum atomic E-state index is 13.1. The summed E-state index contributed by atoms with van der Waals surface area (Å²) in [5.74, 6) is -1.87. The van der Waals surface area contributed by atoms with Gasteiger partial charge in [-0.15, -0.1) is 0 Å². The zero-order valence-electron chi connectivity index (χ0n) is 6.50. The molecule has 3 nitrogen and oxygen atoms in total. The zero-order chi connectivity index (χ0) is 10.0. The quantitative estimate of drug-likeness (QED) is 0.836. The Morgan fingerprint density at radius 3 is 2.69 bits per heavy atom. The summed E-state index contributed by atoms with van der Waals surface area (Å²) in [7, 11) is 0. The van der Waals surface area contributed by atoms with E-state index in [1.54, 1.807) is 6.07 Å². The highest BCUT2D eigenvalue weighted by atomic mass is 79.9. The van der Waals surface area contributed by atoms with Crippen LogP contribution in [0, 0.1) is 5.82 Å². The molecule has 1 aromatic carbocycles. The molecule has 0 spiro atoms. The first-order chi connectivity index (χ1) is 6.02. The van der Waals surface area contributed by atoms with E-state index in [0.717, 1.165) is 0 Å². The molecule has 0 aliphatic rings. The van der Waals surface area contributed by atoms with Gasteiger partial charge >= 0.3 is 5.97 Å². The molecule has 1 rings (SSSR count). The van der Waals surface area contributed by atoms with Crippen LogP contribution in [0.15, 0.2) is 22.7 Å². The van der Waals surface area contributed by atoms with Crippen LogP contribution in [-0.4, -0.2) is 11.1 Å². The van der Waals surface area contributed by atoms with Gasteiger partial charge in [-0.05, 0) is 12.1 Å². The van der Waals surface area contributed by atoms with Gasteiger partial charge < -0.3 is 10.8 Å². The number of nitrogens with two attached hydrogens (primary N) is 1. The van der Waals surface area contributed by atoms with Crippen molar-refractivity contribution < 1.29 is 14.3 Å². The number of benzene rings is 1. The van der Waals surface area contributed by atoms with Crippen molar-refractivity contribution in [2.45, 2.75) is 6.04 Å². The molecule has 0 heterocycles. The van der Waals surface area contributed by atoms with Gasteiger partial charge in [0.05, 0.1) is 0 Å². The van der Waals surface area contributed by atoms with Crippen LogP contribution in [0.3, 0.4) is 0 Å². The average molecular weight is 248 g/mol. The van der Waals surface area contributed by atoms with Crippen molar-refractivity contribution in [2.75, 3.05) is 0 Å². The van der Waals surface area contributed by atoms with E-state index in [4.69, 9.17) is 10.8 Å². The third kappa shape index (κ3) is 2.26. The summed E-state index contributed by atoms with van der Waals surface area (Å²) in [5.41, 5.74) is 5.22. The fourth-order valence-electron chi connectivity index (χ4n) is 0.887. The van der Waals surface area contributed by atoms with Gasteiger partial charge in [0, 0.05) is 10.0 Å². The van der Waals surface area contributed by atoms with E-state index in [9.17, 15) is 9.18 Å². The van der Waals surface area contributed by atoms with Gasteiger partial charge in [0.25, 0.3) is 0 Å². The Bertz CT molecular complexity index is 343. The predicted octanol–water partition coefficient (Wildman–Crippen LogP) is 1.67. The van der Waals surface area contributed by atoms with Gasteiger partial charge in [0.1, 0.15) is 11.9 Å². The summed E-state index contributed by atoms with van der Waals surface area (Å²) in [4.78, 5) is 10.4. The third-order valence-corrected chi connectivity index (χ3v) is 2.06. The monoisotopic (exact) mass is 247 g/mol. The van der Waals surface area contributed by atoms with Crippen molar-refractivity contribution in [3.8, 4) is 0 Å². The summed E-state index contributed by atoms with van der Waals surface area (Å²) in [6.07, 6.45) is 0. The molecule has 0 aliphatic carbocycles. The van der Waals surface area contributed by atoms with E-state index in [0.29, 0.717) is 4.47 Å². The molecular weight excluding hydrogens is 241 g/mol. The van der Waals surface area contributed by atoms with Crippen molar-refractivity contribution in [3.05, 3.63) is 34.1 Å². The molecular formula is C8H7BrFNO2. The molecule has 70 valence electrons. The zero-order valence-corrected chi connectivity index (χ0v) is 8.08. The second-order valence-corrected chi connectivity index (χ2v) is 3.40.